The first-order valence-electron chi connectivity index (χ1n) is 6.72. The first-order chi connectivity index (χ1) is 9.52. The zero-order chi connectivity index (χ0) is 14.7. The summed E-state index contributed by atoms with van der Waals surface area (Å²) in [6.07, 6.45) is 0.932. The van der Waals surface area contributed by atoms with Gasteiger partial charge in [-0.25, -0.2) is 0 Å². The number of aryl methyl sites for hydroxylation is 2. The van der Waals surface area contributed by atoms with Crippen LogP contribution in [-0.4, -0.2) is 9.78 Å². The van der Waals surface area contributed by atoms with Crippen LogP contribution in [0, 0.1) is 0 Å². The molecule has 1 aromatic carbocycles. The molecule has 1 atom stereocenters. The van der Waals surface area contributed by atoms with Crippen LogP contribution < -0.4 is 5.32 Å². The minimum absolute atomic E-state index is 0.263. The van der Waals surface area contributed by atoms with Crippen molar-refractivity contribution in [1.82, 2.24) is 15.1 Å². The van der Waals surface area contributed by atoms with Crippen LogP contribution in [0.15, 0.2) is 28.7 Å². The summed E-state index contributed by atoms with van der Waals surface area (Å²) in [5.41, 5.74) is 3.49. The van der Waals surface area contributed by atoms with E-state index >= 15 is 0 Å². The van der Waals surface area contributed by atoms with Crippen molar-refractivity contribution >= 4 is 27.5 Å². The third kappa shape index (κ3) is 3.43. The Morgan fingerprint density at radius 3 is 2.55 bits per heavy atom. The average Bonchev–Trinajstić information content (AvgIpc) is 2.71. The maximum absolute atomic E-state index is 5.91. The Morgan fingerprint density at radius 2 is 2.00 bits per heavy atom. The molecule has 2 rings (SSSR count). The Bertz CT molecular complexity index is 578. The predicted molar refractivity (Wildman–Crippen MR) is 87.0 cm³/mol. The van der Waals surface area contributed by atoms with Gasteiger partial charge >= 0.3 is 0 Å². The zero-order valence-corrected chi connectivity index (χ0v) is 14.3. The van der Waals surface area contributed by atoms with Crippen molar-refractivity contribution in [1.29, 1.82) is 0 Å². The topological polar surface area (TPSA) is 29.9 Å². The van der Waals surface area contributed by atoms with Gasteiger partial charge in [-0.05, 0) is 47.0 Å². The van der Waals surface area contributed by atoms with Crippen LogP contribution in [-0.2, 0) is 20.0 Å². The van der Waals surface area contributed by atoms with Crippen molar-refractivity contribution in [2.24, 2.45) is 7.05 Å². The number of hydrogen-bond donors (Lipinski definition) is 1. The average molecular weight is 357 g/mol. The molecule has 0 amide bonds. The normalized spacial score (nSPS) is 12.7. The van der Waals surface area contributed by atoms with Crippen LogP contribution >= 0.6 is 27.5 Å². The van der Waals surface area contributed by atoms with Crippen molar-refractivity contribution in [2.45, 2.75) is 32.9 Å². The lowest BCUT2D eigenvalue weighted by atomic mass is 10.1. The van der Waals surface area contributed by atoms with Crippen LogP contribution in [0.1, 0.15) is 36.8 Å². The number of nitrogens with zero attached hydrogens (tertiary/aromatic N) is 2. The van der Waals surface area contributed by atoms with Gasteiger partial charge in [0.15, 0.2) is 0 Å². The fourth-order valence-corrected chi connectivity index (χ4v) is 3.01. The van der Waals surface area contributed by atoms with E-state index in [1.165, 1.54) is 11.3 Å². The fraction of sp³-hybridized carbons (Fsp3) is 0.400. The summed E-state index contributed by atoms with van der Waals surface area (Å²) in [5, 5.41) is 8.79. The minimum atomic E-state index is 0.263. The molecule has 1 aromatic heterocycles. The molecule has 108 valence electrons. The highest BCUT2D eigenvalue weighted by molar-refractivity contribution is 9.10. The molecule has 0 aliphatic rings. The van der Waals surface area contributed by atoms with Gasteiger partial charge in [-0.15, -0.1) is 0 Å². The highest BCUT2D eigenvalue weighted by Crippen LogP contribution is 2.22. The first kappa shape index (κ1) is 15.5. The summed E-state index contributed by atoms with van der Waals surface area (Å²) in [5.74, 6) is 0. The van der Waals surface area contributed by atoms with Crippen LogP contribution in [0.25, 0.3) is 0 Å². The molecular formula is C15H19BrClN3. The summed E-state index contributed by atoms with van der Waals surface area (Å²) in [6, 6.07) is 8.21. The minimum Gasteiger partial charge on any atom is -0.305 e. The number of halogens is 2. The lowest BCUT2D eigenvalue weighted by Gasteiger charge is -2.14. The Hall–Kier alpha value is -0.840. The van der Waals surface area contributed by atoms with Gasteiger partial charge < -0.3 is 5.32 Å². The molecule has 0 aliphatic heterocycles. The lowest BCUT2D eigenvalue weighted by molar-refractivity contribution is 0.547. The van der Waals surface area contributed by atoms with Crippen LogP contribution in [0.2, 0.25) is 5.02 Å². The molecule has 0 radical (unpaired) electrons. The van der Waals surface area contributed by atoms with Crippen molar-refractivity contribution in [3.8, 4) is 0 Å². The second-order valence-electron chi connectivity index (χ2n) is 4.84. The van der Waals surface area contributed by atoms with Crippen molar-refractivity contribution < 1.29 is 0 Å². The monoisotopic (exact) mass is 355 g/mol. The fourth-order valence-electron chi connectivity index (χ4n) is 2.13. The van der Waals surface area contributed by atoms with E-state index in [9.17, 15) is 0 Å². The van der Waals surface area contributed by atoms with Gasteiger partial charge in [0, 0.05) is 24.7 Å². The van der Waals surface area contributed by atoms with E-state index in [0.29, 0.717) is 0 Å². The van der Waals surface area contributed by atoms with Crippen LogP contribution in [0.5, 0.6) is 0 Å². The molecule has 2 aromatic rings. The Balaban J connectivity index is 2.05. The van der Waals surface area contributed by atoms with Crippen molar-refractivity contribution in [2.75, 3.05) is 0 Å². The van der Waals surface area contributed by atoms with E-state index in [1.807, 2.05) is 23.9 Å². The largest absolute Gasteiger partial charge is 0.305 e. The summed E-state index contributed by atoms with van der Waals surface area (Å²) in [4.78, 5) is 0. The number of nitrogens with one attached hydrogen (secondary N) is 1. The molecule has 1 heterocycles. The molecule has 20 heavy (non-hydrogen) atoms. The van der Waals surface area contributed by atoms with E-state index < -0.39 is 0 Å². The first-order valence-corrected chi connectivity index (χ1v) is 7.89. The Labute approximate surface area is 133 Å². The highest BCUT2D eigenvalue weighted by Gasteiger charge is 2.13. The van der Waals surface area contributed by atoms with Gasteiger partial charge in [0.05, 0.1) is 15.9 Å². The number of rotatable bonds is 5. The third-order valence-electron chi connectivity index (χ3n) is 3.45. The predicted octanol–water partition coefficient (Wildman–Crippen LogP) is 4.25. The molecule has 5 heteroatoms. The zero-order valence-electron chi connectivity index (χ0n) is 12.0. The van der Waals surface area contributed by atoms with E-state index in [1.54, 1.807) is 0 Å². The van der Waals surface area contributed by atoms with Gasteiger partial charge in [0.2, 0.25) is 0 Å². The molecule has 0 aliphatic carbocycles. The summed E-state index contributed by atoms with van der Waals surface area (Å²) < 4.78 is 3.04. The molecule has 3 nitrogen and oxygen atoms in total. The molecule has 0 bridgehead atoms. The van der Waals surface area contributed by atoms with Gasteiger partial charge in [-0.1, -0.05) is 30.7 Å². The molecule has 0 fully saturated rings. The van der Waals surface area contributed by atoms with E-state index in [4.69, 9.17) is 11.6 Å². The van der Waals surface area contributed by atoms with E-state index in [2.05, 4.69) is 52.3 Å². The second kappa shape index (κ2) is 6.74. The van der Waals surface area contributed by atoms with Crippen molar-refractivity contribution in [3.05, 3.63) is 50.7 Å². The SMILES string of the molecule is CCc1nn(C)c(CN[C@H](C)c2ccc(Cl)cc2)c1Br. The van der Waals surface area contributed by atoms with Gasteiger partial charge in [0.25, 0.3) is 0 Å². The summed E-state index contributed by atoms with van der Waals surface area (Å²) in [7, 11) is 1.98. The maximum atomic E-state index is 5.91. The smallest absolute Gasteiger partial charge is 0.0767 e. The van der Waals surface area contributed by atoms with E-state index in [0.717, 1.165) is 28.2 Å². The second-order valence-corrected chi connectivity index (χ2v) is 6.07. The molecule has 1 N–H and O–H groups in total. The van der Waals surface area contributed by atoms with Crippen LogP contribution in [0.3, 0.4) is 0 Å². The highest BCUT2D eigenvalue weighted by atomic mass is 79.9. The number of aromatic nitrogens is 2. The van der Waals surface area contributed by atoms with Gasteiger partial charge in [0.1, 0.15) is 0 Å². The standard InChI is InChI=1S/C15H19BrClN3/c1-4-13-15(16)14(20(3)19-13)9-18-10(2)11-5-7-12(17)8-6-11/h5-8,10,18H,4,9H2,1-3H3/t10-/m1/s1. The molecule has 0 saturated heterocycles. The summed E-state index contributed by atoms with van der Waals surface area (Å²) in [6.45, 7) is 5.03. The third-order valence-corrected chi connectivity index (χ3v) is 4.62. The van der Waals surface area contributed by atoms with Crippen LogP contribution in [0.4, 0.5) is 0 Å². The molecule has 0 spiro atoms. The molecule has 0 saturated carbocycles. The van der Waals surface area contributed by atoms with Gasteiger partial charge in [-0.3, -0.25) is 4.68 Å². The lowest BCUT2D eigenvalue weighted by Crippen LogP contribution is -2.20. The Kier molecular flexibility index (Phi) is 5.24. The maximum Gasteiger partial charge on any atom is 0.0767 e. The number of benzene rings is 1. The van der Waals surface area contributed by atoms with Gasteiger partial charge in [-0.2, -0.15) is 5.10 Å². The molecular weight excluding hydrogens is 338 g/mol. The Morgan fingerprint density at radius 1 is 1.35 bits per heavy atom. The quantitative estimate of drug-likeness (QED) is 0.868. The van der Waals surface area contributed by atoms with Crippen molar-refractivity contribution in [3.63, 3.8) is 0 Å². The van der Waals surface area contributed by atoms with E-state index in [-0.39, 0.29) is 6.04 Å². The summed E-state index contributed by atoms with van der Waals surface area (Å²) >= 11 is 9.55. The number of hydrogen-bond acceptors (Lipinski definition) is 2. The molecule has 0 unspecified atom stereocenters.